The smallest absolute Gasteiger partial charge is 0.0991 e. The lowest BCUT2D eigenvalue weighted by atomic mass is 10.0. The summed E-state index contributed by atoms with van der Waals surface area (Å²) in [5, 5.41) is 3.50. The maximum atomic E-state index is 6.25. The zero-order valence-electron chi connectivity index (χ0n) is 11.3. The van der Waals surface area contributed by atoms with Crippen LogP contribution in [0.1, 0.15) is 50.6 Å². The van der Waals surface area contributed by atoms with Gasteiger partial charge in [0.25, 0.3) is 0 Å². The molecule has 0 radical (unpaired) electrons. The molecule has 5 heteroatoms. The normalized spacial score (nSPS) is 20.9. The maximum absolute atomic E-state index is 6.25. The van der Waals surface area contributed by atoms with Gasteiger partial charge in [0.05, 0.1) is 14.8 Å². The second kappa shape index (κ2) is 7.84. The molecule has 1 saturated heterocycles. The summed E-state index contributed by atoms with van der Waals surface area (Å²) in [7, 11) is 0. The average Bonchev–Trinajstić information content (AvgIpc) is 2.98. The van der Waals surface area contributed by atoms with Gasteiger partial charge in [-0.15, -0.1) is 11.3 Å². The number of hydrogen-bond donors (Lipinski definition) is 1. The van der Waals surface area contributed by atoms with Crippen LogP contribution in [0.2, 0.25) is 8.67 Å². The summed E-state index contributed by atoms with van der Waals surface area (Å²) < 4.78 is 7.24. The number of nitrogens with one attached hydrogen (secondary N) is 1. The van der Waals surface area contributed by atoms with Crippen LogP contribution in [0.25, 0.3) is 0 Å². The molecule has 19 heavy (non-hydrogen) atoms. The van der Waals surface area contributed by atoms with Crippen LogP contribution in [0.5, 0.6) is 0 Å². The molecule has 0 saturated carbocycles. The predicted molar refractivity (Wildman–Crippen MR) is 83.6 cm³/mol. The Hall–Kier alpha value is 0.200. The van der Waals surface area contributed by atoms with E-state index in [1.807, 2.05) is 6.07 Å². The Morgan fingerprint density at radius 1 is 1.53 bits per heavy atom. The van der Waals surface area contributed by atoms with Gasteiger partial charge in [0, 0.05) is 18.2 Å². The van der Waals surface area contributed by atoms with E-state index in [4.69, 9.17) is 27.9 Å². The van der Waals surface area contributed by atoms with E-state index in [2.05, 4.69) is 12.2 Å². The molecule has 2 rings (SSSR count). The van der Waals surface area contributed by atoms with Crippen molar-refractivity contribution in [3.05, 3.63) is 20.3 Å². The highest BCUT2D eigenvalue weighted by atomic mass is 35.5. The fourth-order valence-corrected chi connectivity index (χ4v) is 4.21. The molecule has 1 aromatic heterocycles. The molecule has 0 aromatic carbocycles. The Bertz CT molecular complexity index is 391. The van der Waals surface area contributed by atoms with Crippen LogP contribution in [0.4, 0.5) is 0 Å². The first-order chi connectivity index (χ1) is 9.20. The number of hydrogen-bond acceptors (Lipinski definition) is 3. The molecule has 1 fully saturated rings. The fourth-order valence-electron chi connectivity index (χ4n) is 2.63. The highest BCUT2D eigenvalue weighted by Gasteiger charge is 2.19. The third kappa shape index (κ3) is 4.61. The van der Waals surface area contributed by atoms with E-state index >= 15 is 0 Å². The SMILES string of the molecule is CCNC(CCCC1CCCO1)c1cc(Cl)sc1Cl. The van der Waals surface area contributed by atoms with Crippen LogP contribution >= 0.6 is 34.5 Å². The molecule has 0 amide bonds. The van der Waals surface area contributed by atoms with Gasteiger partial charge in [-0.05, 0) is 44.7 Å². The van der Waals surface area contributed by atoms with E-state index in [0.29, 0.717) is 12.1 Å². The van der Waals surface area contributed by atoms with Crippen LogP contribution < -0.4 is 5.32 Å². The Morgan fingerprint density at radius 3 is 2.95 bits per heavy atom. The first-order valence-electron chi connectivity index (χ1n) is 7.00. The van der Waals surface area contributed by atoms with E-state index in [1.54, 1.807) is 0 Å². The summed E-state index contributed by atoms with van der Waals surface area (Å²) in [6.07, 6.45) is 6.30. The number of thiophene rings is 1. The molecule has 2 atom stereocenters. The van der Waals surface area contributed by atoms with Crippen molar-refractivity contribution in [3.8, 4) is 0 Å². The lowest BCUT2D eigenvalue weighted by Crippen LogP contribution is -2.21. The largest absolute Gasteiger partial charge is 0.378 e. The fraction of sp³-hybridized carbons (Fsp3) is 0.714. The molecule has 2 unspecified atom stereocenters. The summed E-state index contributed by atoms with van der Waals surface area (Å²) in [6, 6.07) is 2.30. The summed E-state index contributed by atoms with van der Waals surface area (Å²) in [5.74, 6) is 0. The molecule has 0 aliphatic carbocycles. The number of halogens is 2. The van der Waals surface area contributed by atoms with Crippen LogP contribution in [0, 0.1) is 0 Å². The van der Waals surface area contributed by atoms with E-state index in [-0.39, 0.29) is 0 Å². The molecule has 0 bridgehead atoms. The molecule has 1 aliphatic heterocycles. The van der Waals surface area contributed by atoms with Gasteiger partial charge < -0.3 is 10.1 Å². The summed E-state index contributed by atoms with van der Waals surface area (Å²) in [6.45, 7) is 4.00. The van der Waals surface area contributed by atoms with Crippen LogP contribution in [-0.2, 0) is 4.74 Å². The highest BCUT2D eigenvalue weighted by Crippen LogP contribution is 2.36. The zero-order valence-corrected chi connectivity index (χ0v) is 13.6. The van der Waals surface area contributed by atoms with Crippen LogP contribution in [0.15, 0.2) is 6.07 Å². The summed E-state index contributed by atoms with van der Waals surface area (Å²) >= 11 is 13.7. The average molecular weight is 322 g/mol. The summed E-state index contributed by atoms with van der Waals surface area (Å²) in [5.41, 5.74) is 1.14. The number of ether oxygens (including phenoxy) is 1. The highest BCUT2D eigenvalue weighted by molar-refractivity contribution is 7.20. The van der Waals surface area contributed by atoms with Crippen molar-refractivity contribution in [1.29, 1.82) is 0 Å². The molecular weight excluding hydrogens is 301 g/mol. The lowest BCUT2D eigenvalue weighted by molar-refractivity contribution is 0.101. The Labute approximate surface area is 129 Å². The van der Waals surface area contributed by atoms with Gasteiger partial charge in [0.15, 0.2) is 0 Å². The van der Waals surface area contributed by atoms with Crippen molar-refractivity contribution in [1.82, 2.24) is 5.32 Å². The van der Waals surface area contributed by atoms with Gasteiger partial charge >= 0.3 is 0 Å². The van der Waals surface area contributed by atoms with Gasteiger partial charge in [-0.2, -0.15) is 0 Å². The topological polar surface area (TPSA) is 21.3 Å². The minimum atomic E-state index is 0.308. The molecule has 0 spiro atoms. The van der Waals surface area contributed by atoms with Crippen molar-refractivity contribution >= 4 is 34.5 Å². The Kier molecular flexibility index (Phi) is 6.43. The van der Waals surface area contributed by atoms with Gasteiger partial charge in [-0.25, -0.2) is 0 Å². The summed E-state index contributed by atoms with van der Waals surface area (Å²) in [4.78, 5) is 0. The monoisotopic (exact) mass is 321 g/mol. The minimum Gasteiger partial charge on any atom is -0.378 e. The third-order valence-electron chi connectivity index (χ3n) is 3.55. The second-order valence-electron chi connectivity index (χ2n) is 4.96. The molecule has 108 valence electrons. The van der Waals surface area contributed by atoms with Crippen molar-refractivity contribution in [2.75, 3.05) is 13.2 Å². The van der Waals surface area contributed by atoms with Crippen molar-refractivity contribution in [2.24, 2.45) is 0 Å². The first kappa shape index (κ1) is 15.6. The van der Waals surface area contributed by atoms with E-state index in [9.17, 15) is 0 Å². The Morgan fingerprint density at radius 2 is 2.37 bits per heavy atom. The van der Waals surface area contributed by atoms with E-state index in [1.165, 1.54) is 24.2 Å². The maximum Gasteiger partial charge on any atom is 0.0991 e. The number of rotatable bonds is 7. The van der Waals surface area contributed by atoms with Gasteiger partial charge in [0.2, 0.25) is 0 Å². The third-order valence-corrected chi connectivity index (χ3v) is 5.07. The van der Waals surface area contributed by atoms with Crippen molar-refractivity contribution < 1.29 is 4.74 Å². The minimum absolute atomic E-state index is 0.308. The van der Waals surface area contributed by atoms with Crippen molar-refractivity contribution in [3.63, 3.8) is 0 Å². The van der Waals surface area contributed by atoms with Gasteiger partial charge in [-0.3, -0.25) is 0 Å². The van der Waals surface area contributed by atoms with E-state index < -0.39 is 0 Å². The van der Waals surface area contributed by atoms with Gasteiger partial charge in [0.1, 0.15) is 0 Å². The van der Waals surface area contributed by atoms with Gasteiger partial charge in [-0.1, -0.05) is 30.1 Å². The van der Waals surface area contributed by atoms with Crippen molar-refractivity contribution in [2.45, 2.75) is 51.2 Å². The predicted octanol–water partition coefficient (Wildman–Crippen LogP) is 5.05. The standard InChI is InChI=1S/C14H21Cl2NOS/c1-2-17-12(11-9-13(15)19-14(11)16)7-3-5-10-6-4-8-18-10/h9-10,12,17H,2-8H2,1H3. The lowest BCUT2D eigenvalue weighted by Gasteiger charge is -2.18. The molecule has 2 nitrogen and oxygen atoms in total. The molecule has 1 aliphatic rings. The Balaban J connectivity index is 1.86. The van der Waals surface area contributed by atoms with Crippen LogP contribution in [0.3, 0.4) is 0 Å². The molecule has 1 N–H and O–H groups in total. The molecular formula is C14H21Cl2NOS. The quantitative estimate of drug-likeness (QED) is 0.758. The molecule has 2 heterocycles. The molecule has 1 aromatic rings. The second-order valence-corrected chi connectivity index (χ2v) is 7.24. The van der Waals surface area contributed by atoms with E-state index in [0.717, 1.165) is 46.7 Å². The first-order valence-corrected chi connectivity index (χ1v) is 8.57. The zero-order chi connectivity index (χ0) is 13.7. The van der Waals surface area contributed by atoms with Crippen LogP contribution in [-0.4, -0.2) is 19.3 Å².